The van der Waals surface area contributed by atoms with E-state index >= 15 is 0 Å². The minimum absolute atomic E-state index is 0.298. The maximum absolute atomic E-state index is 8.80. The Morgan fingerprint density at radius 2 is 1.91 bits per heavy atom. The summed E-state index contributed by atoms with van der Waals surface area (Å²) in [5, 5.41) is 10.9. The highest BCUT2D eigenvalue weighted by molar-refractivity contribution is 8.03. The quantitative estimate of drug-likeness (QED) is 0.381. The summed E-state index contributed by atoms with van der Waals surface area (Å²) in [5.74, 6) is 0. The molecule has 0 aliphatic carbocycles. The van der Waals surface area contributed by atoms with Crippen molar-refractivity contribution in [3.63, 3.8) is 0 Å². The Balaban J connectivity index is 2.34. The number of thiocyanates is 1. The van der Waals surface area contributed by atoms with Crippen LogP contribution < -0.4 is 11.5 Å². The lowest BCUT2D eigenvalue weighted by Crippen LogP contribution is -2.41. The highest BCUT2D eigenvalue weighted by Gasteiger charge is 2.52. The van der Waals surface area contributed by atoms with Gasteiger partial charge in [0.25, 0.3) is 0 Å². The van der Waals surface area contributed by atoms with Gasteiger partial charge in [0, 0.05) is 17.1 Å². The van der Waals surface area contributed by atoms with Crippen LogP contribution in [0.25, 0.3) is 6.08 Å². The molecule has 0 bridgehead atoms. The monoisotopic (exact) mass is 331 g/mol. The lowest BCUT2D eigenvalue weighted by atomic mass is 9.77. The molecule has 1 fully saturated rings. The molecule has 0 saturated carbocycles. The Kier molecular flexibility index (Phi) is 5.12. The molecule has 1 saturated heterocycles. The Hall–Kier alpha value is -1.46. The molecule has 7 heteroatoms. The van der Waals surface area contributed by atoms with Crippen molar-refractivity contribution in [2.45, 2.75) is 43.8 Å². The number of hydrogen-bond donors (Lipinski definition) is 2. The van der Waals surface area contributed by atoms with Gasteiger partial charge >= 0.3 is 7.12 Å². The Morgan fingerprint density at radius 3 is 2.43 bits per heavy atom. The van der Waals surface area contributed by atoms with Crippen molar-refractivity contribution >= 4 is 30.6 Å². The van der Waals surface area contributed by atoms with Crippen LogP contribution in [-0.2, 0) is 9.31 Å². The summed E-state index contributed by atoms with van der Waals surface area (Å²) in [5.41, 5.74) is 13.3. The lowest BCUT2D eigenvalue weighted by Gasteiger charge is -2.32. The van der Waals surface area contributed by atoms with Gasteiger partial charge < -0.3 is 20.8 Å². The molecular formula is C16H22BN3O2S. The fourth-order valence-electron chi connectivity index (χ4n) is 2.21. The molecule has 5 nitrogen and oxygen atoms in total. The molecule has 1 aliphatic rings. The van der Waals surface area contributed by atoms with Crippen LogP contribution in [0.2, 0.25) is 0 Å². The molecular weight excluding hydrogens is 309 g/mol. The zero-order valence-corrected chi connectivity index (χ0v) is 14.7. The Morgan fingerprint density at radius 1 is 1.30 bits per heavy atom. The number of benzene rings is 1. The SMILES string of the molecule is CC1(C)OB(C(=Cc2cc(SC#N)ccc2N)CN)OC1(C)C. The Labute approximate surface area is 142 Å². The van der Waals surface area contributed by atoms with Gasteiger partial charge in [-0.1, -0.05) is 6.08 Å². The first-order valence-corrected chi connectivity index (χ1v) is 8.23. The number of anilines is 1. The van der Waals surface area contributed by atoms with Crippen molar-refractivity contribution in [1.82, 2.24) is 0 Å². The van der Waals surface area contributed by atoms with Crippen LogP contribution in [0.1, 0.15) is 33.3 Å². The average molecular weight is 331 g/mol. The van der Waals surface area contributed by atoms with Crippen molar-refractivity contribution < 1.29 is 9.31 Å². The van der Waals surface area contributed by atoms with Crippen molar-refractivity contribution in [3.05, 3.63) is 29.2 Å². The first-order valence-electron chi connectivity index (χ1n) is 7.42. The maximum Gasteiger partial charge on any atom is 0.491 e. The van der Waals surface area contributed by atoms with Crippen LogP contribution in [0.4, 0.5) is 5.69 Å². The summed E-state index contributed by atoms with van der Waals surface area (Å²) in [7, 11) is -0.503. The smallest absolute Gasteiger partial charge is 0.400 e. The van der Waals surface area contributed by atoms with E-state index in [1.54, 1.807) is 6.07 Å². The van der Waals surface area contributed by atoms with Crippen molar-refractivity contribution in [1.29, 1.82) is 5.26 Å². The van der Waals surface area contributed by atoms with E-state index in [0.29, 0.717) is 12.2 Å². The average Bonchev–Trinajstić information content (AvgIpc) is 2.68. The van der Waals surface area contributed by atoms with Crippen LogP contribution in [0.5, 0.6) is 0 Å². The molecule has 122 valence electrons. The highest BCUT2D eigenvalue weighted by Crippen LogP contribution is 2.39. The zero-order valence-electron chi connectivity index (χ0n) is 13.9. The van der Waals surface area contributed by atoms with E-state index < -0.39 is 18.3 Å². The first-order chi connectivity index (χ1) is 10.7. The van der Waals surface area contributed by atoms with Gasteiger partial charge in [0.2, 0.25) is 0 Å². The second-order valence-electron chi connectivity index (χ2n) is 6.50. The second kappa shape index (κ2) is 6.58. The predicted octanol–water partition coefficient (Wildman–Crippen LogP) is 2.82. The van der Waals surface area contributed by atoms with Gasteiger partial charge in [0.1, 0.15) is 5.40 Å². The maximum atomic E-state index is 8.80. The minimum Gasteiger partial charge on any atom is -0.400 e. The molecule has 0 radical (unpaired) electrons. The van der Waals surface area contributed by atoms with E-state index in [1.807, 2.05) is 45.9 Å². The zero-order chi connectivity index (χ0) is 17.3. The third-order valence-electron chi connectivity index (χ3n) is 4.35. The number of nitrogen functional groups attached to an aromatic ring is 1. The molecule has 1 aliphatic heterocycles. The van der Waals surface area contributed by atoms with E-state index in [9.17, 15) is 0 Å². The van der Waals surface area contributed by atoms with E-state index in [0.717, 1.165) is 27.7 Å². The van der Waals surface area contributed by atoms with Gasteiger partial charge in [0.05, 0.1) is 11.2 Å². The fraction of sp³-hybridized carbons (Fsp3) is 0.438. The number of nitrogens with zero attached hydrogens (tertiary/aromatic N) is 1. The summed E-state index contributed by atoms with van der Waals surface area (Å²) in [6, 6.07) is 5.46. The third-order valence-corrected chi connectivity index (χ3v) is 4.94. The van der Waals surface area contributed by atoms with Gasteiger partial charge in [-0.2, -0.15) is 5.26 Å². The number of thioether (sulfide) groups is 1. The van der Waals surface area contributed by atoms with E-state index in [1.165, 1.54) is 0 Å². The van der Waals surface area contributed by atoms with Crippen LogP contribution in [-0.4, -0.2) is 24.9 Å². The van der Waals surface area contributed by atoms with Gasteiger partial charge in [0.15, 0.2) is 0 Å². The lowest BCUT2D eigenvalue weighted by molar-refractivity contribution is 0.00578. The first kappa shape index (κ1) is 17.9. The van der Waals surface area contributed by atoms with Crippen LogP contribution in [0.15, 0.2) is 28.6 Å². The molecule has 0 unspecified atom stereocenters. The molecule has 0 atom stereocenters. The summed E-state index contributed by atoms with van der Waals surface area (Å²) >= 11 is 1.09. The topological polar surface area (TPSA) is 94.3 Å². The second-order valence-corrected chi connectivity index (χ2v) is 7.35. The van der Waals surface area contributed by atoms with Gasteiger partial charge in [-0.05, 0) is 68.7 Å². The summed E-state index contributed by atoms with van der Waals surface area (Å²) in [6.07, 6.45) is 1.89. The number of rotatable bonds is 4. The molecule has 0 spiro atoms. The number of hydrogen-bond acceptors (Lipinski definition) is 6. The molecule has 1 aromatic carbocycles. The highest BCUT2D eigenvalue weighted by atomic mass is 32.2. The van der Waals surface area contributed by atoms with E-state index in [2.05, 4.69) is 5.40 Å². The standard InChI is InChI=1S/C16H22BN3O2S/c1-15(2)16(3,4)22-17(21-15)12(9-18)7-11-8-13(23-10-19)5-6-14(11)20/h5-8H,9,18,20H2,1-4H3. The third kappa shape index (κ3) is 3.73. The normalized spacial score (nSPS) is 19.7. The Bertz CT molecular complexity index is 652. The molecule has 23 heavy (non-hydrogen) atoms. The van der Waals surface area contributed by atoms with Gasteiger partial charge in [-0.15, -0.1) is 0 Å². The fourth-order valence-corrected chi connectivity index (χ4v) is 2.64. The van der Waals surface area contributed by atoms with Crippen LogP contribution >= 0.6 is 11.8 Å². The number of nitrogens with two attached hydrogens (primary N) is 2. The molecule has 2 rings (SSSR count). The van der Waals surface area contributed by atoms with Crippen molar-refractivity contribution in [2.24, 2.45) is 5.73 Å². The van der Waals surface area contributed by atoms with Crippen LogP contribution in [0, 0.1) is 10.7 Å². The van der Waals surface area contributed by atoms with E-state index in [-0.39, 0.29) is 0 Å². The molecule has 4 N–H and O–H groups in total. The van der Waals surface area contributed by atoms with Gasteiger partial charge in [-0.25, -0.2) is 0 Å². The number of nitriles is 1. The van der Waals surface area contributed by atoms with Crippen molar-refractivity contribution in [2.75, 3.05) is 12.3 Å². The molecule has 0 amide bonds. The van der Waals surface area contributed by atoms with Crippen LogP contribution in [0.3, 0.4) is 0 Å². The summed E-state index contributed by atoms with van der Waals surface area (Å²) in [4.78, 5) is 0.832. The van der Waals surface area contributed by atoms with E-state index in [4.69, 9.17) is 26.0 Å². The van der Waals surface area contributed by atoms with Gasteiger partial charge in [-0.3, -0.25) is 0 Å². The summed E-state index contributed by atoms with van der Waals surface area (Å²) in [6.45, 7) is 8.30. The predicted molar refractivity (Wildman–Crippen MR) is 95.4 cm³/mol. The molecule has 0 aromatic heterocycles. The minimum atomic E-state index is -0.503. The van der Waals surface area contributed by atoms with Crippen molar-refractivity contribution in [3.8, 4) is 5.40 Å². The molecule has 1 aromatic rings. The molecule has 1 heterocycles. The largest absolute Gasteiger partial charge is 0.491 e. The summed E-state index contributed by atoms with van der Waals surface area (Å²) < 4.78 is 12.1.